The molecule has 0 atom stereocenters. The van der Waals surface area contributed by atoms with Crippen molar-refractivity contribution in [1.29, 1.82) is 0 Å². The van der Waals surface area contributed by atoms with Gasteiger partial charge < -0.3 is 9.47 Å². The molecule has 0 N–H and O–H groups in total. The van der Waals surface area contributed by atoms with Gasteiger partial charge in [0.25, 0.3) is 0 Å². The number of benzene rings is 2. The van der Waals surface area contributed by atoms with Gasteiger partial charge in [-0.1, -0.05) is 24.3 Å². The zero-order chi connectivity index (χ0) is 18.1. The van der Waals surface area contributed by atoms with Crippen LogP contribution in [0.1, 0.15) is 24.5 Å². The van der Waals surface area contributed by atoms with E-state index in [1.807, 2.05) is 24.3 Å². The van der Waals surface area contributed by atoms with Gasteiger partial charge in [-0.25, -0.2) is 0 Å². The number of fused-ring (bicyclic) bond motifs is 3. The highest BCUT2D eigenvalue weighted by Crippen LogP contribution is 2.50. The number of hydrogen-bond donors (Lipinski definition) is 0. The second-order valence-electron chi connectivity index (χ2n) is 6.40. The van der Waals surface area contributed by atoms with Gasteiger partial charge in [-0.2, -0.15) is 0 Å². The molecule has 1 aromatic heterocycles. The van der Waals surface area contributed by atoms with Crippen LogP contribution in [0.2, 0.25) is 0 Å². The van der Waals surface area contributed by atoms with Crippen molar-refractivity contribution in [3.8, 4) is 32.4 Å². The van der Waals surface area contributed by atoms with Crippen LogP contribution in [0.3, 0.4) is 0 Å². The Morgan fingerprint density at radius 3 is 2.50 bits per heavy atom. The van der Waals surface area contributed by atoms with E-state index >= 15 is 0 Å². The maximum absolute atomic E-state index is 11.8. The number of methoxy groups -OCH3 is 1. The van der Waals surface area contributed by atoms with E-state index in [1.54, 1.807) is 18.4 Å². The van der Waals surface area contributed by atoms with Crippen molar-refractivity contribution < 1.29 is 14.3 Å². The molecule has 26 heavy (non-hydrogen) atoms. The average molecular weight is 364 g/mol. The minimum Gasteiger partial charge on any atom is -0.497 e. The van der Waals surface area contributed by atoms with E-state index in [4.69, 9.17) is 9.47 Å². The highest BCUT2D eigenvalue weighted by Gasteiger charge is 2.25. The third-order valence-corrected chi connectivity index (χ3v) is 5.99. The van der Waals surface area contributed by atoms with Gasteiger partial charge in [0, 0.05) is 17.4 Å². The second kappa shape index (κ2) is 6.96. The standard InChI is InChI=1S/C22H20O3S/c1-14(23)25-20-19-9-5-7-15-6-3-4-8-18(15)22(19)26-21(20)16-10-12-17(24-2)13-11-16/h3-4,6,8,10-13H,5,7,9H2,1-2H3. The molecule has 2 aromatic carbocycles. The molecule has 1 aliphatic rings. The molecule has 0 saturated carbocycles. The largest absolute Gasteiger partial charge is 0.497 e. The molecule has 0 unspecified atom stereocenters. The molecule has 0 saturated heterocycles. The van der Waals surface area contributed by atoms with E-state index in [0.29, 0.717) is 0 Å². The first-order valence-electron chi connectivity index (χ1n) is 8.74. The van der Waals surface area contributed by atoms with Gasteiger partial charge in [0.2, 0.25) is 0 Å². The van der Waals surface area contributed by atoms with E-state index in [-0.39, 0.29) is 5.97 Å². The van der Waals surface area contributed by atoms with Gasteiger partial charge in [-0.15, -0.1) is 11.3 Å². The predicted molar refractivity (Wildman–Crippen MR) is 105 cm³/mol. The Bertz CT molecular complexity index is 954. The molecule has 1 heterocycles. The highest BCUT2D eigenvalue weighted by atomic mass is 32.1. The number of rotatable bonds is 3. The Labute approximate surface area is 157 Å². The van der Waals surface area contributed by atoms with Crippen LogP contribution in [0.15, 0.2) is 48.5 Å². The first-order chi connectivity index (χ1) is 12.7. The maximum Gasteiger partial charge on any atom is 0.308 e. The van der Waals surface area contributed by atoms with E-state index in [0.717, 1.165) is 46.8 Å². The molecule has 0 amide bonds. The number of carbonyl (C=O) groups excluding carboxylic acids is 1. The first kappa shape index (κ1) is 16.9. The lowest BCUT2D eigenvalue weighted by atomic mass is 10.0. The van der Waals surface area contributed by atoms with E-state index in [9.17, 15) is 4.79 Å². The van der Waals surface area contributed by atoms with Crippen LogP contribution >= 0.6 is 11.3 Å². The number of hydrogen-bond acceptors (Lipinski definition) is 4. The molecule has 0 spiro atoms. The third-order valence-electron chi connectivity index (χ3n) is 4.69. The van der Waals surface area contributed by atoms with Crippen molar-refractivity contribution in [3.05, 3.63) is 59.7 Å². The minimum atomic E-state index is -0.280. The van der Waals surface area contributed by atoms with Gasteiger partial charge in [-0.3, -0.25) is 4.79 Å². The molecule has 132 valence electrons. The summed E-state index contributed by atoms with van der Waals surface area (Å²) in [4.78, 5) is 14.0. The van der Waals surface area contributed by atoms with E-state index in [2.05, 4.69) is 24.3 Å². The molecule has 0 aliphatic heterocycles. The summed E-state index contributed by atoms with van der Waals surface area (Å²) in [5.41, 5.74) is 4.82. The zero-order valence-electron chi connectivity index (χ0n) is 14.9. The smallest absolute Gasteiger partial charge is 0.308 e. The molecule has 3 aromatic rings. The predicted octanol–water partition coefficient (Wildman–Crippen LogP) is 5.50. The average Bonchev–Trinajstić information content (AvgIpc) is 2.89. The molecule has 0 radical (unpaired) electrons. The topological polar surface area (TPSA) is 35.5 Å². The summed E-state index contributed by atoms with van der Waals surface area (Å²) in [6.07, 6.45) is 3.02. The molecule has 0 fully saturated rings. The molecular formula is C22H20O3S. The van der Waals surface area contributed by atoms with Crippen molar-refractivity contribution in [3.63, 3.8) is 0 Å². The number of esters is 1. The molecule has 4 rings (SSSR count). The number of ether oxygens (including phenoxy) is 2. The summed E-state index contributed by atoms with van der Waals surface area (Å²) in [5.74, 6) is 1.25. The fraction of sp³-hybridized carbons (Fsp3) is 0.227. The fourth-order valence-corrected chi connectivity index (χ4v) is 4.84. The van der Waals surface area contributed by atoms with Crippen LogP contribution in [-0.2, 0) is 17.6 Å². The monoisotopic (exact) mass is 364 g/mol. The minimum absolute atomic E-state index is 0.280. The third kappa shape index (κ3) is 3.01. The number of carbonyl (C=O) groups is 1. The zero-order valence-corrected chi connectivity index (χ0v) is 15.7. The van der Waals surface area contributed by atoms with Gasteiger partial charge in [-0.05, 0) is 60.2 Å². The van der Waals surface area contributed by atoms with Crippen LogP contribution < -0.4 is 9.47 Å². The summed E-state index contributed by atoms with van der Waals surface area (Å²) < 4.78 is 11.0. The van der Waals surface area contributed by atoms with Crippen molar-refractivity contribution in [2.45, 2.75) is 26.2 Å². The lowest BCUT2D eigenvalue weighted by molar-refractivity contribution is -0.131. The van der Waals surface area contributed by atoms with Crippen LogP contribution in [-0.4, -0.2) is 13.1 Å². The molecule has 3 nitrogen and oxygen atoms in total. The Morgan fingerprint density at radius 1 is 1.00 bits per heavy atom. The normalized spacial score (nSPS) is 12.7. The Hall–Kier alpha value is -2.59. The van der Waals surface area contributed by atoms with Gasteiger partial charge >= 0.3 is 5.97 Å². The van der Waals surface area contributed by atoms with Gasteiger partial charge in [0.15, 0.2) is 5.75 Å². The summed E-state index contributed by atoms with van der Waals surface area (Å²) in [6, 6.07) is 16.4. The maximum atomic E-state index is 11.8. The summed E-state index contributed by atoms with van der Waals surface area (Å²) in [6.45, 7) is 1.46. The fourth-order valence-electron chi connectivity index (χ4n) is 3.49. The Kier molecular flexibility index (Phi) is 4.51. The van der Waals surface area contributed by atoms with Crippen LogP contribution in [0.4, 0.5) is 0 Å². The summed E-state index contributed by atoms with van der Waals surface area (Å²) in [7, 11) is 1.66. The highest BCUT2D eigenvalue weighted by molar-refractivity contribution is 7.19. The van der Waals surface area contributed by atoms with Crippen LogP contribution in [0.5, 0.6) is 11.5 Å². The SMILES string of the molecule is COc1ccc(-c2sc3c(c2OC(C)=O)CCCc2ccccc2-3)cc1. The Morgan fingerprint density at radius 2 is 1.77 bits per heavy atom. The molecule has 4 heteroatoms. The molecular weight excluding hydrogens is 344 g/mol. The van der Waals surface area contributed by atoms with Crippen molar-refractivity contribution in [2.75, 3.05) is 7.11 Å². The Balaban J connectivity index is 1.91. The lowest BCUT2D eigenvalue weighted by Crippen LogP contribution is -2.03. The molecule has 1 aliphatic carbocycles. The van der Waals surface area contributed by atoms with Crippen molar-refractivity contribution in [1.82, 2.24) is 0 Å². The van der Waals surface area contributed by atoms with Crippen LogP contribution in [0, 0.1) is 0 Å². The van der Waals surface area contributed by atoms with E-state index < -0.39 is 0 Å². The van der Waals surface area contributed by atoms with E-state index in [1.165, 1.54) is 22.9 Å². The van der Waals surface area contributed by atoms with Gasteiger partial charge in [0.05, 0.1) is 12.0 Å². The van der Waals surface area contributed by atoms with Crippen molar-refractivity contribution in [2.24, 2.45) is 0 Å². The van der Waals surface area contributed by atoms with Gasteiger partial charge in [0.1, 0.15) is 5.75 Å². The lowest BCUT2D eigenvalue weighted by Gasteiger charge is -2.08. The number of aryl methyl sites for hydroxylation is 1. The quantitative estimate of drug-likeness (QED) is 0.575. The van der Waals surface area contributed by atoms with Crippen molar-refractivity contribution >= 4 is 17.3 Å². The summed E-state index contributed by atoms with van der Waals surface area (Å²) >= 11 is 1.71. The second-order valence-corrected chi connectivity index (χ2v) is 7.42. The van der Waals surface area contributed by atoms with Crippen LogP contribution in [0.25, 0.3) is 20.9 Å². The number of thiophene rings is 1. The first-order valence-corrected chi connectivity index (χ1v) is 9.56. The summed E-state index contributed by atoms with van der Waals surface area (Å²) in [5, 5.41) is 0. The molecule has 0 bridgehead atoms.